The van der Waals surface area contributed by atoms with Gasteiger partial charge in [-0.1, -0.05) is 60.7 Å². The molecular weight excluding hydrogens is 398 g/mol. The molecule has 5 rings (SSSR count). The number of thioether (sulfide) groups is 2. The number of nitrogens with zero attached hydrogens (tertiary/aromatic N) is 2. The van der Waals surface area contributed by atoms with Crippen molar-refractivity contribution in [1.29, 1.82) is 0 Å². The summed E-state index contributed by atoms with van der Waals surface area (Å²) in [5.74, 6) is 3.10. The van der Waals surface area contributed by atoms with Gasteiger partial charge in [-0.2, -0.15) is 0 Å². The first-order chi connectivity index (χ1) is 14.3. The van der Waals surface area contributed by atoms with Crippen LogP contribution in [0.25, 0.3) is 33.6 Å². The summed E-state index contributed by atoms with van der Waals surface area (Å²) in [5, 5.41) is 0.928. The minimum absolute atomic E-state index is 0.181. The number of nitrogens with two attached hydrogens (primary N) is 1. The Balaban J connectivity index is 1.75. The van der Waals surface area contributed by atoms with Crippen LogP contribution < -0.4 is 5.73 Å². The molecule has 1 aliphatic heterocycles. The molecule has 3 heterocycles. The van der Waals surface area contributed by atoms with Crippen LogP contribution in [0.15, 0.2) is 71.4 Å². The lowest BCUT2D eigenvalue weighted by atomic mass is 9.97. The molecule has 4 aromatic rings. The fourth-order valence-corrected chi connectivity index (χ4v) is 6.63. The fraction of sp³-hybridized carbons (Fsp3) is 0.217. The monoisotopic (exact) mass is 419 g/mol. The highest BCUT2D eigenvalue weighted by molar-refractivity contribution is 8.17. The van der Waals surface area contributed by atoms with Crippen LogP contribution >= 0.6 is 23.5 Å². The molecule has 0 radical (unpaired) electrons. The Morgan fingerprint density at radius 3 is 2.24 bits per heavy atom. The summed E-state index contributed by atoms with van der Waals surface area (Å²) in [6.45, 7) is 0. The van der Waals surface area contributed by atoms with E-state index in [1.807, 2.05) is 59.9 Å². The van der Waals surface area contributed by atoms with Crippen LogP contribution in [0, 0.1) is 0 Å². The molecule has 1 unspecified atom stereocenters. The van der Waals surface area contributed by atoms with Crippen molar-refractivity contribution >= 4 is 34.6 Å². The highest BCUT2D eigenvalue weighted by Gasteiger charge is 2.29. The van der Waals surface area contributed by atoms with E-state index >= 15 is 0 Å². The third kappa shape index (κ3) is 3.56. The predicted octanol–water partition coefficient (Wildman–Crippen LogP) is 5.75. The van der Waals surface area contributed by atoms with Crippen molar-refractivity contribution in [2.75, 3.05) is 11.5 Å². The SMILES string of the molecule is NC(c1ncnc2oc(-c3ccccc3)c(-c3ccccc3)c12)C1SCCCS1. The van der Waals surface area contributed by atoms with Gasteiger partial charge in [0.15, 0.2) is 0 Å². The van der Waals surface area contributed by atoms with Crippen LogP contribution in [-0.2, 0) is 0 Å². The second-order valence-corrected chi connectivity index (χ2v) is 9.76. The Morgan fingerprint density at radius 1 is 0.897 bits per heavy atom. The van der Waals surface area contributed by atoms with Gasteiger partial charge in [-0.3, -0.25) is 0 Å². The van der Waals surface area contributed by atoms with E-state index in [0.717, 1.165) is 45.0 Å². The lowest BCUT2D eigenvalue weighted by molar-refractivity contribution is 0.616. The molecule has 4 nitrogen and oxygen atoms in total. The maximum absolute atomic E-state index is 6.76. The summed E-state index contributed by atoms with van der Waals surface area (Å²) >= 11 is 3.85. The first-order valence-corrected chi connectivity index (χ1v) is 11.8. The van der Waals surface area contributed by atoms with Gasteiger partial charge >= 0.3 is 0 Å². The third-order valence-electron chi connectivity index (χ3n) is 5.08. The maximum Gasteiger partial charge on any atom is 0.230 e. The summed E-state index contributed by atoms with van der Waals surface area (Å²) in [4.78, 5) is 9.11. The summed E-state index contributed by atoms with van der Waals surface area (Å²) in [7, 11) is 0. The van der Waals surface area contributed by atoms with Gasteiger partial charge in [0, 0.05) is 11.1 Å². The van der Waals surface area contributed by atoms with E-state index in [1.165, 1.54) is 6.42 Å². The molecule has 6 heteroatoms. The highest BCUT2D eigenvalue weighted by atomic mass is 32.2. The Labute approximate surface area is 178 Å². The van der Waals surface area contributed by atoms with Gasteiger partial charge < -0.3 is 10.2 Å². The number of rotatable bonds is 4. The lowest BCUT2D eigenvalue weighted by Gasteiger charge is -2.26. The van der Waals surface area contributed by atoms with Crippen molar-refractivity contribution in [3.8, 4) is 22.5 Å². The lowest BCUT2D eigenvalue weighted by Crippen LogP contribution is -2.25. The molecule has 0 aliphatic carbocycles. The number of benzene rings is 2. The molecule has 2 aromatic heterocycles. The summed E-state index contributed by atoms with van der Waals surface area (Å²) in [6.07, 6.45) is 2.81. The van der Waals surface area contributed by atoms with Gasteiger partial charge in [0.1, 0.15) is 12.1 Å². The average Bonchev–Trinajstić information content (AvgIpc) is 3.20. The van der Waals surface area contributed by atoms with Crippen molar-refractivity contribution < 1.29 is 4.42 Å². The molecule has 1 saturated heterocycles. The van der Waals surface area contributed by atoms with Crippen molar-refractivity contribution in [1.82, 2.24) is 9.97 Å². The zero-order valence-electron chi connectivity index (χ0n) is 15.8. The third-order valence-corrected chi connectivity index (χ3v) is 8.19. The zero-order valence-corrected chi connectivity index (χ0v) is 17.5. The normalized spacial score (nSPS) is 16.2. The van der Waals surface area contributed by atoms with E-state index in [-0.39, 0.29) is 6.04 Å². The van der Waals surface area contributed by atoms with Crippen LogP contribution in [0.5, 0.6) is 0 Å². The van der Waals surface area contributed by atoms with Crippen LogP contribution in [0.1, 0.15) is 18.2 Å². The summed E-state index contributed by atoms with van der Waals surface area (Å²) in [5.41, 5.74) is 11.3. The molecule has 2 N–H and O–H groups in total. The van der Waals surface area contributed by atoms with E-state index in [9.17, 15) is 0 Å². The standard InChI is InChI=1S/C23H21N3OS2/c24-19(23-28-12-7-13-29-23)20-18-17(15-8-3-1-4-9-15)21(16-10-5-2-6-11-16)27-22(18)26-14-25-20/h1-6,8-11,14,19,23H,7,12-13,24H2. The van der Waals surface area contributed by atoms with Gasteiger partial charge in [0.25, 0.3) is 0 Å². The molecule has 0 amide bonds. The number of aromatic nitrogens is 2. The van der Waals surface area contributed by atoms with Crippen LogP contribution in [-0.4, -0.2) is 26.1 Å². The maximum atomic E-state index is 6.76. The van der Waals surface area contributed by atoms with Crippen LogP contribution in [0.3, 0.4) is 0 Å². The number of hydrogen-bond acceptors (Lipinski definition) is 6. The molecule has 0 saturated carbocycles. The van der Waals surface area contributed by atoms with Gasteiger partial charge in [0.05, 0.1) is 21.7 Å². The molecule has 1 aliphatic rings. The van der Waals surface area contributed by atoms with Gasteiger partial charge in [0.2, 0.25) is 5.71 Å². The van der Waals surface area contributed by atoms with Gasteiger partial charge in [-0.25, -0.2) is 9.97 Å². The predicted molar refractivity (Wildman–Crippen MR) is 123 cm³/mol. The molecule has 0 spiro atoms. The zero-order chi connectivity index (χ0) is 19.6. The largest absolute Gasteiger partial charge is 0.437 e. The Kier molecular flexibility index (Phi) is 5.31. The fourth-order valence-electron chi connectivity index (χ4n) is 3.72. The van der Waals surface area contributed by atoms with Gasteiger partial charge in [-0.05, 0) is 23.5 Å². The second-order valence-electron chi connectivity index (χ2n) is 6.97. The minimum atomic E-state index is -0.181. The van der Waals surface area contributed by atoms with Crippen molar-refractivity contribution in [3.05, 3.63) is 72.7 Å². The highest BCUT2D eigenvalue weighted by Crippen LogP contribution is 2.45. The molecule has 146 valence electrons. The quantitative estimate of drug-likeness (QED) is 0.454. The summed E-state index contributed by atoms with van der Waals surface area (Å²) in [6, 6.07) is 20.3. The molecule has 1 atom stereocenters. The summed E-state index contributed by atoms with van der Waals surface area (Å²) < 4.78 is 6.59. The topological polar surface area (TPSA) is 64.9 Å². The van der Waals surface area contributed by atoms with E-state index in [1.54, 1.807) is 6.33 Å². The van der Waals surface area contributed by atoms with Crippen molar-refractivity contribution in [2.24, 2.45) is 5.73 Å². The molecular formula is C23H21N3OS2. The Bertz CT molecular complexity index is 1110. The second kappa shape index (κ2) is 8.22. The minimum Gasteiger partial charge on any atom is -0.437 e. The molecule has 0 bridgehead atoms. The first-order valence-electron chi connectivity index (χ1n) is 9.70. The molecule has 29 heavy (non-hydrogen) atoms. The molecule has 2 aromatic carbocycles. The number of hydrogen-bond donors (Lipinski definition) is 1. The number of furan rings is 1. The van der Waals surface area contributed by atoms with Crippen molar-refractivity contribution in [3.63, 3.8) is 0 Å². The van der Waals surface area contributed by atoms with E-state index < -0.39 is 0 Å². The number of fused-ring (bicyclic) bond motifs is 1. The Hall–Kier alpha value is -2.28. The van der Waals surface area contributed by atoms with Crippen molar-refractivity contribution in [2.45, 2.75) is 17.0 Å². The Morgan fingerprint density at radius 2 is 1.55 bits per heavy atom. The van der Waals surface area contributed by atoms with Crippen LogP contribution in [0.4, 0.5) is 0 Å². The smallest absolute Gasteiger partial charge is 0.230 e. The van der Waals surface area contributed by atoms with Crippen LogP contribution in [0.2, 0.25) is 0 Å². The van der Waals surface area contributed by atoms with E-state index in [4.69, 9.17) is 10.2 Å². The van der Waals surface area contributed by atoms with Gasteiger partial charge in [-0.15, -0.1) is 23.5 Å². The first kappa shape index (κ1) is 18.7. The van der Waals surface area contributed by atoms with E-state index in [0.29, 0.717) is 10.3 Å². The van der Waals surface area contributed by atoms with E-state index in [2.05, 4.69) is 34.2 Å². The average molecular weight is 420 g/mol. The molecule has 1 fully saturated rings.